The first-order chi connectivity index (χ1) is 81.0. The van der Waals surface area contributed by atoms with E-state index in [1.807, 2.05) is 14.2 Å². The topological polar surface area (TPSA) is 391 Å². The number of H-pyrrole nitrogens is 6. The average molecular weight is 1840 g/mol. The Morgan fingerprint density at radius 3 is 0.700 bits per heavy atom. The molecule has 30 nitrogen and oxygen atoms in total. The third kappa shape index (κ3) is 31.9. The number of aromatic amines is 6. The average Bonchev–Trinajstić information content (AvgIpc) is 1.62. The first kappa shape index (κ1) is 42.0. The molecule has 0 fully saturated rings. The van der Waals surface area contributed by atoms with Crippen molar-refractivity contribution in [2.24, 2.45) is 0 Å². The number of sulfonamides is 6. The number of hydrogen-bond donors (Lipinski definition) is 12. The fourth-order valence-electron chi connectivity index (χ4n) is 9.61. The standard InChI is InChI=1S/6C14H21N3O2S/c6*1-15-20(18,19)10-11-4-5-14-13(8-11)12(9-16-14)6-7-17(2)3/h6*4-5,8-9,15-16H,6-7,10H2,1-3H3/i2D3,3D3,6D2,7D2,9D,10D2;1D3,2D3,3D3,6D2,9D,10D2;2D3,6D2,7D2,9D,10D2;1D3,2D3,6D2,9D,10D2;6D2,7D2,9D,10D2;1D3,6D2,9D,10D2. The summed E-state index contributed by atoms with van der Waals surface area (Å²) in [7, 11) is -17.2. The maximum absolute atomic E-state index is 12.4. The molecule has 0 aliphatic carbocycles. The van der Waals surface area contributed by atoms with Gasteiger partial charge in [0.2, 0.25) is 60.1 Å². The lowest BCUT2D eigenvalue weighted by molar-refractivity contribution is 0.414. The Bertz CT molecular complexity index is 9030. The van der Waals surface area contributed by atoms with Gasteiger partial charge in [0.15, 0.2) is 0 Å². The summed E-state index contributed by atoms with van der Waals surface area (Å²) in [5.74, 6) is 0. The first-order valence-corrected chi connectivity index (χ1v) is 42.5. The van der Waals surface area contributed by atoms with E-state index in [9.17, 15) is 50.5 Å². The van der Waals surface area contributed by atoms with E-state index in [1.54, 1.807) is 19.0 Å². The van der Waals surface area contributed by atoms with Crippen LogP contribution in [0.1, 0.15) is 153 Å². The van der Waals surface area contributed by atoms with Gasteiger partial charge in [0.1, 0.15) is 0 Å². The van der Waals surface area contributed by atoms with E-state index in [4.69, 9.17) is 86.4 Å². The summed E-state index contributed by atoms with van der Waals surface area (Å²) >= 11 is 0. The van der Waals surface area contributed by atoms with Crippen molar-refractivity contribution in [3.05, 3.63) is 213 Å². The van der Waals surface area contributed by atoms with Crippen LogP contribution in [0.25, 0.3) is 65.4 Å². The lowest BCUT2D eigenvalue weighted by atomic mass is 10.1. The second-order valence-electron chi connectivity index (χ2n) is 24.6. The number of benzene rings is 6. The number of rotatable bonds is 36. The smallest absolute Gasteiger partial charge is 0.215 e. The molecule has 660 valence electrons. The van der Waals surface area contributed by atoms with E-state index in [1.165, 1.54) is 65.6 Å². The second-order valence-corrected chi connectivity index (χ2v) is 33.7. The summed E-state index contributed by atoms with van der Waals surface area (Å²) in [6.07, 6.45) is -19.1. The third-order valence-corrected chi connectivity index (χ3v) is 20.4. The summed E-state index contributed by atoms with van der Waals surface area (Å²) in [6.45, 7) is -39.9. The van der Waals surface area contributed by atoms with Crippen molar-refractivity contribution in [2.75, 3.05) is 165 Å². The van der Waals surface area contributed by atoms with Crippen molar-refractivity contribution in [3.63, 3.8) is 0 Å². The number of hydrogen-bond acceptors (Lipinski definition) is 18. The van der Waals surface area contributed by atoms with Gasteiger partial charge < -0.3 is 59.3 Å². The van der Waals surface area contributed by atoms with Crippen LogP contribution in [-0.2, 0) is 133 Å². The lowest BCUT2D eigenvalue weighted by Gasteiger charge is -2.08. The lowest BCUT2D eigenvalue weighted by Crippen LogP contribution is -2.20. The molecule has 12 aromatic rings. The van der Waals surface area contributed by atoms with Gasteiger partial charge in [-0.15, -0.1) is 0 Å². The van der Waals surface area contributed by atoms with Gasteiger partial charge in [-0.2, -0.15) is 0 Å². The molecule has 12 rings (SSSR count). The first-order valence-electron chi connectivity index (χ1n) is 65.1. The van der Waals surface area contributed by atoms with Crippen molar-refractivity contribution in [3.8, 4) is 0 Å². The zero-order valence-corrected chi connectivity index (χ0v) is 69.4. The highest BCUT2D eigenvalue weighted by Gasteiger charge is 2.19. The molecule has 36 heteroatoms. The molecule has 0 unspecified atom stereocenters. The second kappa shape index (κ2) is 45.2. The van der Waals surface area contributed by atoms with Crippen molar-refractivity contribution in [1.82, 2.24) is 87.6 Å². The van der Waals surface area contributed by atoms with E-state index in [0.717, 1.165) is 117 Å². The van der Waals surface area contributed by atoms with Gasteiger partial charge in [-0.1, -0.05) is 36.4 Å². The molecule has 120 heavy (non-hydrogen) atoms. The molecular weight excluding hydrogens is 1650 g/mol. The van der Waals surface area contributed by atoms with Crippen molar-refractivity contribution in [2.45, 2.75) is 72.5 Å². The highest BCUT2D eigenvalue weighted by Crippen LogP contribution is 2.28. The van der Waals surface area contributed by atoms with E-state index in [2.05, 4.69) is 29.9 Å². The zero-order chi connectivity index (χ0) is 143. The van der Waals surface area contributed by atoms with Gasteiger partial charge in [0.05, 0.1) is 42.5 Å². The number of likely N-dealkylation sites (N-methyl/N-ethyl adjacent to an activating group) is 6. The van der Waals surface area contributed by atoms with Gasteiger partial charge in [-0.05, 0) is 304 Å². The number of fused-ring (bicyclic) bond motifs is 6. The predicted octanol–water partition coefficient (Wildman–Crippen LogP) is 7.93. The summed E-state index contributed by atoms with van der Waals surface area (Å²) in [5, 5.41) is -0.500. The molecule has 12 N–H and O–H groups in total. The quantitative estimate of drug-likeness (QED) is 0.0177. The fraction of sp³-hybridized carbons (Fsp3) is 0.429. The van der Waals surface area contributed by atoms with Crippen LogP contribution in [-0.4, -0.2) is 275 Å². The van der Waals surface area contributed by atoms with E-state index in [0.29, 0.717) is 5.52 Å². The summed E-state index contributed by atoms with van der Waals surface area (Å²) in [5.41, 5.74) is -22.4. The van der Waals surface area contributed by atoms with Gasteiger partial charge >= 0.3 is 0 Å². The van der Waals surface area contributed by atoms with Crippen LogP contribution in [0.2, 0.25) is 0 Å². The number of nitrogens with one attached hydrogen (secondary N) is 12. The summed E-state index contributed by atoms with van der Waals surface area (Å²) in [4.78, 5) is 18.4. The highest BCUT2D eigenvalue weighted by molar-refractivity contribution is 7.90. The highest BCUT2D eigenvalue weighted by atomic mass is 32.2. The maximum Gasteiger partial charge on any atom is 0.215 e. The SMILES string of the molecule is [2H]c1[nH]c2ccc(C([2H])([2H])S(=O)(=O)NC([2H])([2H])[2H])cc2c1C([2H])([2H])CN(C([2H])([2H])[2H])C([2H])([2H])[2H].[2H]c1[nH]c2ccc(C([2H])([2H])S(=O)(=O)NC([2H])([2H])[2H])cc2c1C([2H])([2H])CN(C)C.[2H]c1[nH]c2ccc(C([2H])([2H])S(=O)(=O)NC([2H])([2H])[2H])cc2c1C([2H])([2H])CN(C)C([2H])([2H])[2H].[2H]c1[nH]c2ccc(C([2H])([2H])S(=O)(=O)NC)cc2c1C([2H])([2H])C([2H])([2H])N(C([2H])([2H])[2H])C([2H])([2H])[2H].[2H]c1[nH]c2ccc(C([2H])([2H])S(=O)(=O)NC)cc2c1C([2H])([2H])C([2H])([2H])N(C)C.[2H]c1[nH]c2ccc(C([2H])([2H])S(=O)(=O)NC)cc2c1C([2H])([2H])C([2H])([2H])N(C)C([2H])([2H])[2H]. The van der Waals surface area contributed by atoms with Crippen LogP contribution in [0, 0.1) is 0 Å². The number of aryl methyl sites for hydroxylation is 3. The summed E-state index contributed by atoms with van der Waals surface area (Å²) in [6, 6.07) is 20.2. The molecule has 0 amide bonds. The minimum absolute atomic E-state index is 0.00889. The number of aromatic nitrogens is 6. The van der Waals surface area contributed by atoms with E-state index in [-0.39, 0.29) is 128 Å². The van der Waals surface area contributed by atoms with Gasteiger partial charge in [-0.3, -0.25) is 0 Å². The Kier molecular flexibility index (Phi) is 15.8. The van der Waals surface area contributed by atoms with Crippen LogP contribution in [0.4, 0.5) is 0 Å². The van der Waals surface area contributed by atoms with Crippen molar-refractivity contribution >= 4 is 126 Å². The largest absolute Gasteiger partial charge is 0.361 e. The Labute approximate surface area is 799 Å². The van der Waals surface area contributed by atoms with Crippen LogP contribution in [0.3, 0.4) is 0 Å². The molecular formula is C84H126N18O12S6. The zero-order valence-electron chi connectivity index (χ0n) is 128. The van der Waals surface area contributed by atoms with Crippen LogP contribution < -0.4 is 28.3 Å². The molecule has 0 aliphatic heterocycles. The van der Waals surface area contributed by atoms with Crippen LogP contribution in [0.5, 0.6) is 0 Å². The van der Waals surface area contributed by atoms with Gasteiger partial charge in [0.25, 0.3) is 0 Å². The summed E-state index contributed by atoms with van der Waals surface area (Å²) < 4.78 is 646. The molecule has 0 atom stereocenters. The van der Waals surface area contributed by atoms with Crippen LogP contribution >= 0.6 is 0 Å². The van der Waals surface area contributed by atoms with Gasteiger partial charge in [0, 0.05) is 220 Å². The third-order valence-electron chi connectivity index (χ3n) is 14.9. The molecule has 0 bridgehead atoms. The maximum atomic E-state index is 12.4. The monoisotopic (exact) mass is 1830 g/mol. The minimum Gasteiger partial charge on any atom is -0.361 e. The molecule has 6 aromatic heterocycles. The Morgan fingerprint density at radius 1 is 0.275 bits per heavy atom. The molecule has 6 aromatic carbocycles. The number of nitrogens with zero attached hydrogens (tertiary/aromatic N) is 6. The van der Waals surface area contributed by atoms with E-state index < -0.39 is 285 Å². The fourth-order valence-corrected chi connectivity index (χ4v) is 12.7. The van der Waals surface area contributed by atoms with Crippen LogP contribution in [0.15, 0.2) is 146 Å². The Balaban J connectivity index is 0.000000293. The molecule has 0 aliphatic rings. The molecule has 0 spiro atoms. The van der Waals surface area contributed by atoms with Gasteiger partial charge in [-0.25, -0.2) is 78.8 Å². The molecule has 0 saturated carbocycles. The van der Waals surface area contributed by atoms with E-state index >= 15 is 0 Å². The Hall–Kier alpha value is -8.22. The molecule has 0 saturated heterocycles. The molecule has 0 radical (unpaired) electrons. The predicted molar refractivity (Wildman–Crippen MR) is 493 cm³/mol. The molecule has 6 heterocycles. The van der Waals surface area contributed by atoms with Crippen molar-refractivity contribution < 1.29 is 137 Å². The minimum atomic E-state index is -5.13. The Morgan fingerprint density at radius 2 is 0.483 bits per heavy atom. The normalized spacial score (nSPS) is 22.9. The van der Waals surface area contributed by atoms with Crippen molar-refractivity contribution in [1.29, 1.82) is 0 Å².